The van der Waals surface area contributed by atoms with Gasteiger partial charge >= 0.3 is 0 Å². The maximum Gasteiger partial charge on any atom is 0.0944 e. The Labute approximate surface area is 92.4 Å². The number of fused-ring (bicyclic) bond motifs is 5. The minimum absolute atomic E-state index is 0.885. The van der Waals surface area contributed by atoms with Crippen LogP contribution in [0.1, 0.15) is 5.69 Å². The van der Waals surface area contributed by atoms with E-state index < -0.39 is 0 Å². The van der Waals surface area contributed by atoms with Crippen molar-refractivity contribution < 1.29 is 0 Å². The van der Waals surface area contributed by atoms with Gasteiger partial charge in [0.15, 0.2) is 0 Å². The molecule has 16 heavy (non-hydrogen) atoms. The molecule has 0 spiro atoms. The number of rotatable bonds is 0. The quantitative estimate of drug-likeness (QED) is 0.634. The lowest BCUT2D eigenvalue weighted by Crippen LogP contribution is -2.05. The average molecular weight is 207 g/mol. The van der Waals surface area contributed by atoms with Crippen molar-refractivity contribution in [3.05, 3.63) is 54.1 Å². The summed E-state index contributed by atoms with van der Waals surface area (Å²) in [6.45, 7) is 0.885. The summed E-state index contributed by atoms with van der Waals surface area (Å²) in [7, 11) is 0. The van der Waals surface area contributed by atoms with Gasteiger partial charge in [-0.15, -0.1) is 0 Å². The lowest BCUT2D eigenvalue weighted by molar-refractivity contribution is 0.803. The van der Waals surface area contributed by atoms with E-state index in [2.05, 4.69) is 51.3 Å². The van der Waals surface area contributed by atoms with E-state index in [4.69, 9.17) is 0 Å². The Kier molecular flexibility index (Phi) is 1.36. The fraction of sp³-hybridized carbons (Fsp3) is 0.0769. The Balaban J connectivity index is 2.11. The molecule has 0 N–H and O–H groups in total. The van der Waals surface area contributed by atoms with Gasteiger partial charge in [0.2, 0.25) is 0 Å². The summed E-state index contributed by atoms with van der Waals surface area (Å²) in [5.74, 6) is 0. The third-order valence-electron chi connectivity index (χ3n) is 3.16. The number of benzene rings is 1. The van der Waals surface area contributed by atoms with Crippen LogP contribution < -0.4 is 0 Å². The lowest BCUT2D eigenvalue weighted by Gasteiger charge is -2.13. The average Bonchev–Trinajstić information content (AvgIpc) is 2.91. The second kappa shape index (κ2) is 2.70. The van der Waals surface area contributed by atoms with Gasteiger partial charge in [-0.25, -0.2) is 0 Å². The first-order valence-corrected chi connectivity index (χ1v) is 5.33. The normalized spacial score (nSPS) is 17.0. The highest BCUT2D eigenvalue weighted by molar-refractivity contribution is 5.98. The minimum Gasteiger partial charge on any atom is -0.342 e. The maximum atomic E-state index is 4.12. The van der Waals surface area contributed by atoms with Crippen LogP contribution in [-0.4, -0.2) is 4.57 Å². The Hall–Kier alpha value is -2.16. The first-order valence-electron chi connectivity index (χ1n) is 5.33. The van der Waals surface area contributed by atoms with Gasteiger partial charge in [0.05, 0.1) is 17.6 Å². The van der Waals surface area contributed by atoms with Crippen molar-refractivity contribution >= 4 is 16.3 Å². The number of allylic oxidation sites excluding steroid dienone is 2. The van der Waals surface area contributed by atoms with E-state index >= 15 is 0 Å². The van der Waals surface area contributed by atoms with E-state index in [-0.39, 0.29) is 0 Å². The highest BCUT2D eigenvalue weighted by Gasteiger charge is 2.22. The van der Waals surface area contributed by atoms with Gasteiger partial charge in [-0.05, 0) is 6.08 Å². The number of nitrogens with zero attached hydrogens (tertiary/aromatic N) is 3. The summed E-state index contributed by atoms with van der Waals surface area (Å²) in [4.78, 5) is 0. The van der Waals surface area contributed by atoms with Gasteiger partial charge in [-0.3, -0.25) is 0 Å². The van der Waals surface area contributed by atoms with Gasteiger partial charge in [0.1, 0.15) is 0 Å². The Morgan fingerprint density at radius 3 is 3.12 bits per heavy atom. The van der Waals surface area contributed by atoms with E-state index in [0.29, 0.717) is 0 Å². The SMILES string of the molecule is C1=C2N=NC=C2c2c3ccccc3cn2C1. The molecule has 0 saturated heterocycles. The van der Waals surface area contributed by atoms with Crippen molar-refractivity contribution in [2.45, 2.75) is 6.54 Å². The van der Waals surface area contributed by atoms with Gasteiger partial charge < -0.3 is 4.57 Å². The standard InChI is InChI=1S/C13H9N3/c1-2-4-10-9(3-1)8-16-6-5-12-11(13(10)16)7-14-15-12/h1-5,7-8H,6H2. The second-order valence-electron chi connectivity index (χ2n) is 4.06. The van der Waals surface area contributed by atoms with Crippen LogP contribution in [0.2, 0.25) is 0 Å². The fourth-order valence-corrected chi connectivity index (χ4v) is 2.44. The third kappa shape index (κ3) is 0.877. The summed E-state index contributed by atoms with van der Waals surface area (Å²) in [5, 5.41) is 10.7. The molecular formula is C13H9N3. The zero-order valence-corrected chi connectivity index (χ0v) is 8.59. The fourth-order valence-electron chi connectivity index (χ4n) is 2.44. The van der Waals surface area contributed by atoms with Crippen LogP contribution in [0.15, 0.2) is 58.7 Å². The van der Waals surface area contributed by atoms with Crippen molar-refractivity contribution in [1.82, 2.24) is 4.57 Å². The summed E-state index contributed by atoms with van der Waals surface area (Å²) in [5.41, 5.74) is 3.40. The molecule has 3 nitrogen and oxygen atoms in total. The lowest BCUT2D eigenvalue weighted by atomic mass is 10.0. The van der Waals surface area contributed by atoms with E-state index in [1.54, 1.807) is 0 Å². The number of hydrogen-bond donors (Lipinski definition) is 0. The van der Waals surface area contributed by atoms with E-state index in [0.717, 1.165) is 17.8 Å². The molecule has 0 unspecified atom stereocenters. The maximum absolute atomic E-state index is 4.12. The molecule has 0 radical (unpaired) electrons. The smallest absolute Gasteiger partial charge is 0.0944 e. The first-order chi connectivity index (χ1) is 7.93. The van der Waals surface area contributed by atoms with Crippen LogP contribution >= 0.6 is 0 Å². The first kappa shape index (κ1) is 8.05. The molecule has 0 bridgehead atoms. The van der Waals surface area contributed by atoms with Crippen LogP contribution in [0.4, 0.5) is 0 Å². The summed E-state index contributed by atoms with van der Waals surface area (Å²) < 4.78 is 2.26. The molecule has 2 aliphatic rings. The topological polar surface area (TPSA) is 29.6 Å². The van der Waals surface area contributed by atoms with Crippen molar-refractivity contribution in [2.24, 2.45) is 10.2 Å². The van der Waals surface area contributed by atoms with Crippen molar-refractivity contribution in [3.63, 3.8) is 0 Å². The zero-order valence-electron chi connectivity index (χ0n) is 8.59. The predicted molar refractivity (Wildman–Crippen MR) is 62.9 cm³/mol. The molecule has 1 aromatic carbocycles. The molecule has 2 aliphatic heterocycles. The number of hydrogen-bond acceptors (Lipinski definition) is 2. The monoisotopic (exact) mass is 207 g/mol. The summed E-state index contributed by atoms with van der Waals surface area (Å²) >= 11 is 0. The molecule has 0 amide bonds. The minimum atomic E-state index is 0.885. The highest BCUT2D eigenvalue weighted by Crippen LogP contribution is 2.37. The van der Waals surface area contributed by atoms with Crippen molar-refractivity contribution in [1.29, 1.82) is 0 Å². The van der Waals surface area contributed by atoms with E-state index in [1.165, 1.54) is 16.5 Å². The van der Waals surface area contributed by atoms with Crippen LogP contribution in [0.25, 0.3) is 16.3 Å². The van der Waals surface area contributed by atoms with Crippen molar-refractivity contribution in [3.8, 4) is 0 Å². The summed E-state index contributed by atoms with van der Waals surface area (Å²) in [6, 6.07) is 8.44. The zero-order chi connectivity index (χ0) is 10.5. The Morgan fingerprint density at radius 1 is 1.19 bits per heavy atom. The van der Waals surface area contributed by atoms with Gasteiger partial charge in [0.25, 0.3) is 0 Å². The molecule has 1 aromatic heterocycles. The van der Waals surface area contributed by atoms with E-state index in [1.807, 2.05) is 6.20 Å². The van der Waals surface area contributed by atoms with Gasteiger partial charge in [-0.1, -0.05) is 24.3 Å². The molecule has 4 rings (SSSR count). The molecule has 3 heterocycles. The number of azo groups is 1. The van der Waals surface area contributed by atoms with Gasteiger partial charge in [0, 0.05) is 29.1 Å². The van der Waals surface area contributed by atoms with Crippen molar-refractivity contribution in [2.75, 3.05) is 0 Å². The summed E-state index contributed by atoms with van der Waals surface area (Å²) in [6.07, 6.45) is 6.16. The Morgan fingerprint density at radius 2 is 2.12 bits per heavy atom. The number of aromatic nitrogens is 1. The highest BCUT2D eigenvalue weighted by atomic mass is 15.1. The van der Waals surface area contributed by atoms with Crippen LogP contribution in [-0.2, 0) is 6.54 Å². The molecule has 2 aromatic rings. The van der Waals surface area contributed by atoms with Crippen LogP contribution in [0.5, 0.6) is 0 Å². The predicted octanol–water partition coefficient (Wildman–Crippen LogP) is 3.35. The molecule has 76 valence electrons. The molecule has 0 fully saturated rings. The Bertz CT molecular complexity index is 686. The second-order valence-corrected chi connectivity index (χ2v) is 4.06. The van der Waals surface area contributed by atoms with Crippen LogP contribution in [0, 0.1) is 0 Å². The molecular weight excluding hydrogens is 198 g/mol. The molecule has 0 aliphatic carbocycles. The van der Waals surface area contributed by atoms with Crippen LogP contribution in [0.3, 0.4) is 0 Å². The van der Waals surface area contributed by atoms with E-state index in [9.17, 15) is 0 Å². The molecule has 0 saturated carbocycles. The molecule has 0 atom stereocenters. The third-order valence-corrected chi connectivity index (χ3v) is 3.16. The largest absolute Gasteiger partial charge is 0.342 e. The van der Waals surface area contributed by atoms with Gasteiger partial charge in [-0.2, -0.15) is 10.2 Å². The molecule has 3 heteroatoms.